The molecule has 112 valence electrons. The van der Waals surface area contributed by atoms with Gasteiger partial charge in [-0.3, -0.25) is 5.41 Å². The molecule has 9 nitrogen and oxygen atoms in total. The zero-order chi connectivity index (χ0) is 16.1. The summed E-state index contributed by atoms with van der Waals surface area (Å²) in [4.78, 5) is 43.6. The van der Waals surface area contributed by atoms with Gasteiger partial charge in [-0.25, -0.2) is 19.2 Å². The van der Waals surface area contributed by atoms with Gasteiger partial charge in [0.15, 0.2) is 6.40 Å². The van der Waals surface area contributed by atoms with Crippen LogP contribution < -0.4 is 0 Å². The fourth-order valence-electron chi connectivity index (χ4n) is 0.733. The summed E-state index contributed by atoms with van der Waals surface area (Å²) < 4.78 is 17.5. The summed E-state index contributed by atoms with van der Waals surface area (Å²) in [7, 11) is -1.97. The predicted molar refractivity (Wildman–Crippen MR) is 70.2 cm³/mol. The van der Waals surface area contributed by atoms with Crippen LogP contribution >= 0.6 is 0 Å². The van der Waals surface area contributed by atoms with Crippen molar-refractivity contribution < 1.29 is 37.5 Å². The Bertz CT molecular complexity index is 452. The van der Waals surface area contributed by atoms with Gasteiger partial charge in [0.2, 0.25) is 0 Å². The third-order valence-electron chi connectivity index (χ3n) is 1.49. The number of rotatable bonds is 8. The van der Waals surface area contributed by atoms with E-state index in [-0.39, 0.29) is 0 Å². The molecule has 0 bridgehead atoms. The van der Waals surface area contributed by atoms with Crippen molar-refractivity contribution in [2.24, 2.45) is 0 Å². The average molecular weight is 313 g/mol. The van der Waals surface area contributed by atoms with Gasteiger partial charge in [-0.15, -0.1) is 0 Å². The van der Waals surface area contributed by atoms with E-state index in [2.05, 4.69) is 24.9 Å². The first-order chi connectivity index (χ1) is 9.99. The summed E-state index contributed by atoms with van der Waals surface area (Å²) in [5.74, 6) is -3.54. The zero-order valence-corrected chi connectivity index (χ0v) is 12.1. The van der Waals surface area contributed by atoms with E-state index in [9.17, 15) is 19.2 Å². The second-order valence-electron chi connectivity index (χ2n) is 2.87. The van der Waals surface area contributed by atoms with Gasteiger partial charge < -0.3 is 18.3 Å². The Balaban J connectivity index is 3.97. The second-order valence-corrected chi connectivity index (χ2v) is 3.68. The van der Waals surface area contributed by atoms with Crippen LogP contribution in [0.2, 0.25) is 0 Å². The number of carbonyl (C=O) groups is 4. The lowest BCUT2D eigenvalue weighted by Gasteiger charge is -2.01. The molecule has 0 aromatic heterocycles. The van der Waals surface area contributed by atoms with Gasteiger partial charge in [0.25, 0.3) is 0 Å². The lowest BCUT2D eigenvalue weighted by molar-refractivity contribution is -0.136. The van der Waals surface area contributed by atoms with E-state index < -0.39 is 33.9 Å². The Hall–Kier alpha value is -3.01. The van der Waals surface area contributed by atoms with E-state index in [1.165, 1.54) is 0 Å². The van der Waals surface area contributed by atoms with Crippen molar-refractivity contribution in [1.29, 1.82) is 5.41 Å². The molecule has 0 aliphatic heterocycles. The van der Waals surface area contributed by atoms with E-state index >= 15 is 0 Å². The lowest BCUT2D eigenvalue weighted by Crippen LogP contribution is -2.14. The van der Waals surface area contributed by atoms with Crippen molar-refractivity contribution in [2.75, 3.05) is 0 Å². The van der Waals surface area contributed by atoms with Crippen LogP contribution in [0, 0.1) is 5.41 Å². The molecule has 0 rings (SSSR count). The van der Waals surface area contributed by atoms with E-state index in [0.29, 0.717) is 6.40 Å². The van der Waals surface area contributed by atoms with Crippen molar-refractivity contribution in [1.82, 2.24) is 0 Å². The molecule has 0 unspecified atom stereocenters. The average Bonchev–Trinajstić information content (AvgIpc) is 2.43. The summed E-state index contributed by atoms with van der Waals surface area (Å²) in [6.45, 7) is 3.14. The standard InChI is InChI=1S/C11H11NO8Si/c1-2-17-8(13)3-5-10(15)19-21-20-11(16)6-4-9(14)18-7-12/h2-7,12H,1,21H2/b5-3+,6-4+,12-7?. The van der Waals surface area contributed by atoms with Gasteiger partial charge >= 0.3 is 33.9 Å². The second kappa shape index (κ2) is 10.9. The SMILES string of the molecule is C=COC(=O)/C=C/C(=O)O[SiH2]OC(=O)/C=C/C(=O)OC=N. The van der Waals surface area contributed by atoms with Crippen LogP contribution in [0.1, 0.15) is 0 Å². The third kappa shape index (κ3) is 10.6. The summed E-state index contributed by atoms with van der Waals surface area (Å²) in [5, 5.41) is 6.46. The monoisotopic (exact) mass is 313 g/mol. The highest BCUT2D eigenvalue weighted by Gasteiger charge is 2.04. The minimum Gasteiger partial charge on any atom is -0.486 e. The molecule has 0 spiro atoms. The number of hydrogen-bond donors (Lipinski definition) is 1. The summed E-state index contributed by atoms with van der Waals surface area (Å²) in [6, 6.07) is 0. The fourth-order valence-corrected chi connectivity index (χ4v) is 1.22. The number of hydrogen-bond acceptors (Lipinski definition) is 9. The first kappa shape index (κ1) is 18.0. The molecule has 0 aliphatic carbocycles. The van der Waals surface area contributed by atoms with Gasteiger partial charge in [0.1, 0.15) is 0 Å². The number of ether oxygens (including phenoxy) is 2. The molecule has 0 heterocycles. The molecule has 21 heavy (non-hydrogen) atoms. The Kier molecular flexibility index (Phi) is 9.31. The highest BCUT2D eigenvalue weighted by molar-refractivity contribution is 6.27. The number of carbonyl (C=O) groups excluding carboxylic acids is 4. The maximum absolute atomic E-state index is 11.1. The van der Waals surface area contributed by atoms with Crippen LogP contribution in [0.4, 0.5) is 0 Å². The Morgan fingerprint density at radius 3 is 1.67 bits per heavy atom. The molecule has 0 atom stereocenters. The molecular weight excluding hydrogens is 302 g/mol. The largest absolute Gasteiger partial charge is 0.486 e. The molecule has 0 aromatic rings. The Morgan fingerprint density at radius 1 is 0.810 bits per heavy atom. The van der Waals surface area contributed by atoms with E-state index in [4.69, 9.17) is 5.41 Å². The molecule has 1 N–H and O–H groups in total. The lowest BCUT2D eigenvalue weighted by atomic mass is 10.5. The van der Waals surface area contributed by atoms with E-state index in [1.807, 2.05) is 0 Å². The van der Waals surface area contributed by atoms with E-state index in [0.717, 1.165) is 30.6 Å². The Labute approximate surface area is 121 Å². The Morgan fingerprint density at radius 2 is 1.24 bits per heavy atom. The van der Waals surface area contributed by atoms with Crippen LogP contribution in [-0.2, 0) is 37.5 Å². The van der Waals surface area contributed by atoms with Gasteiger partial charge in [-0.1, -0.05) is 6.58 Å². The quantitative estimate of drug-likeness (QED) is 0.151. The first-order valence-electron chi connectivity index (χ1n) is 5.20. The predicted octanol–water partition coefficient (Wildman–Crippen LogP) is -0.979. The first-order valence-corrected chi connectivity index (χ1v) is 6.35. The number of nitrogens with one attached hydrogen (secondary N) is 1. The van der Waals surface area contributed by atoms with Crippen LogP contribution in [0.5, 0.6) is 0 Å². The fraction of sp³-hybridized carbons (Fsp3) is 0. The minimum atomic E-state index is -1.97. The molecule has 0 saturated carbocycles. The topological polar surface area (TPSA) is 129 Å². The molecule has 0 aliphatic rings. The highest BCUT2D eigenvalue weighted by atomic mass is 28.3. The maximum Gasteiger partial charge on any atom is 0.432 e. The minimum absolute atomic E-state index is 0.401. The maximum atomic E-state index is 11.1. The highest BCUT2D eigenvalue weighted by Crippen LogP contribution is 1.87. The third-order valence-corrected chi connectivity index (χ3v) is 2.29. The summed E-state index contributed by atoms with van der Waals surface area (Å²) >= 11 is 0. The van der Waals surface area contributed by atoms with Crippen molar-refractivity contribution in [3.63, 3.8) is 0 Å². The van der Waals surface area contributed by atoms with Crippen molar-refractivity contribution in [2.45, 2.75) is 0 Å². The van der Waals surface area contributed by atoms with Crippen molar-refractivity contribution in [3.8, 4) is 0 Å². The molecular formula is C11H11NO8Si. The molecule has 0 aromatic carbocycles. The summed E-state index contributed by atoms with van der Waals surface area (Å²) in [5.41, 5.74) is 0. The van der Waals surface area contributed by atoms with Crippen LogP contribution in [0.15, 0.2) is 37.1 Å². The van der Waals surface area contributed by atoms with Gasteiger partial charge in [0.05, 0.1) is 6.26 Å². The molecule has 10 heteroatoms. The van der Waals surface area contributed by atoms with Crippen molar-refractivity contribution >= 4 is 40.3 Å². The zero-order valence-electron chi connectivity index (χ0n) is 10.6. The molecule has 0 amide bonds. The normalized spacial score (nSPS) is 10.5. The van der Waals surface area contributed by atoms with Crippen LogP contribution in [0.25, 0.3) is 0 Å². The smallest absolute Gasteiger partial charge is 0.432 e. The summed E-state index contributed by atoms with van der Waals surface area (Å²) in [6.07, 6.45) is 4.40. The van der Waals surface area contributed by atoms with Crippen molar-refractivity contribution in [3.05, 3.63) is 37.1 Å². The van der Waals surface area contributed by atoms with Gasteiger partial charge in [-0.05, 0) is 0 Å². The van der Waals surface area contributed by atoms with Gasteiger partial charge in [0, 0.05) is 24.3 Å². The van der Waals surface area contributed by atoms with Crippen LogP contribution in [-0.4, -0.2) is 40.3 Å². The molecule has 0 fully saturated rings. The van der Waals surface area contributed by atoms with Gasteiger partial charge in [-0.2, -0.15) is 0 Å². The van der Waals surface area contributed by atoms with Crippen LogP contribution in [0.3, 0.4) is 0 Å². The molecule has 0 saturated heterocycles. The number of esters is 2. The van der Waals surface area contributed by atoms with E-state index in [1.54, 1.807) is 0 Å². The molecule has 0 radical (unpaired) electrons.